The van der Waals surface area contributed by atoms with Gasteiger partial charge in [0.25, 0.3) is 0 Å². The minimum atomic E-state index is -0.824. The van der Waals surface area contributed by atoms with Crippen LogP contribution in [0.4, 0.5) is 4.48 Å². The molecule has 2 heterocycles. The summed E-state index contributed by atoms with van der Waals surface area (Å²) in [6.07, 6.45) is 4.01. The van der Waals surface area contributed by atoms with Crippen molar-refractivity contribution < 1.29 is 14.1 Å². The highest BCUT2D eigenvalue weighted by molar-refractivity contribution is 5.81. The van der Waals surface area contributed by atoms with Crippen molar-refractivity contribution in [1.29, 1.82) is 0 Å². The fourth-order valence-corrected chi connectivity index (χ4v) is 5.36. The van der Waals surface area contributed by atoms with Gasteiger partial charge in [0, 0.05) is 58.8 Å². The van der Waals surface area contributed by atoms with E-state index in [1.54, 1.807) is 10.4 Å². The Bertz CT molecular complexity index is 1070. The van der Waals surface area contributed by atoms with Crippen molar-refractivity contribution in [3.8, 4) is 0 Å². The molecule has 2 aromatic carbocycles. The van der Waals surface area contributed by atoms with E-state index in [9.17, 15) is 14.1 Å². The average Bonchev–Trinajstić information content (AvgIpc) is 3.47. The van der Waals surface area contributed by atoms with Gasteiger partial charge in [-0.15, -0.1) is 23.2 Å². The molecule has 0 aromatic heterocycles. The van der Waals surface area contributed by atoms with Crippen molar-refractivity contribution in [3.05, 3.63) is 83.4 Å². The Morgan fingerprint density at radius 3 is 2.48 bits per heavy atom. The Kier molecular flexibility index (Phi) is 13.3. The number of amides is 2. The molecule has 0 spiro atoms. The van der Waals surface area contributed by atoms with Crippen LogP contribution in [0.2, 0.25) is 0 Å². The molecule has 1 fully saturated rings. The summed E-state index contributed by atoms with van der Waals surface area (Å²) in [6, 6.07) is 14.1. The highest BCUT2D eigenvalue weighted by Crippen LogP contribution is 2.22. The smallest absolute Gasteiger partial charge is 0.242 e. The number of rotatable bonds is 13. The summed E-state index contributed by atoms with van der Waals surface area (Å²) < 4.78 is 13.5. The van der Waals surface area contributed by atoms with Gasteiger partial charge in [-0.05, 0) is 61.3 Å². The van der Waals surface area contributed by atoms with Gasteiger partial charge >= 0.3 is 0 Å². The van der Waals surface area contributed by atoms with Crippen LogP contribution in [-0.2, 0) is 35.6 Å². The minimum Gasteiger partial charge on any atom is -0.356 e. The number of aryl methyl sites for hydroxylation is 2. The van der Waals surface area contributed by atoms with Crippen molar-refractivity contribution >= 4 is 11.8 Å². The van der Waals surface area contributed by atoms with Gasteiger partial charge in [0.15, 0.2) is 0 Å². The van der Waals surface area contributed by atoms with Crippen LogP contribution in [0, 0.1) is 6.92 Å². The van der Waals surface area contributed by atoms with Gasteiger partial charge in [0.1, 0.15) is 6.04 Å². The topological polar surface area (TPSA) is 76.7 Å². The lowest BCUT2D eigenvalue weighted by molar-refractivity contribution is -0.137. The summed E-state index contributed by atoms with van der Waals surface area (Å²) in [6.45, 7) is 14.2. The van der Waals surface area contributed by atoms with E-state index in [1.807, 2.05) is 0 Å². The van der Waals surface area contributed by atoms with Crippen molar-refractivity contribution in [3.63, 3.8) is 0 Å². The van der Waals surface area contributed by atoms with Gasteiger partial charge in [0.05, 0.1) is 0 Å². The van der Waals surface area contributed by atoms with E-state index in [1.165, 1.54) is 27.8 Å². The van der Waals surface area contributed by atoms with E-state index in [-0.39, 0.29) is 11.8 Å². The zero-order chi connectivity index (χ0) is 28.7. The second kappa shape index (κ2) is 16.9. The lowest BCUT2D eigenvalue weighted by Crippen LogP contribution is -2.53. The van der Waals surface area contributed by atoms with Crippen molar-refractivity contribution in [1.82, 2.24) is 26.0 Å². The maximum Gasteiger partial charge on any atom is 0.242 e. The van der Waals surface area contributed by atoms with Gasteiger partial charge in [-0.1, -0.05) is 48.0 Å². The summed E-state index contributed by atoms with van der Waals surface area (Å²) in [5, 5.41) is 6.36. The number of hydrogen-bond donors (Lipinski definition) is 3. The Balaban J connectivity index is 0.00000216. The third-order valence-electron chi connectivity index (χ3n) is 7.73. The quantitative estimate of drug-likeness (QED) is 0.198. The first-order chi connectivity index (χ1) is 19.5. The second-order valence-electron chi connectivity index (χ2n) is 10.6. The molecule has 0 saturated carbocycles. The van der Waals surface area contributed by atoms with E-state index >= 15 is 0 Å². The molecule has 2 amide bonds. The van der Waals surface area contributed by atoms with Gasteiger partial charge in [0.2, 0.25) is 11.8 Å². The number of nitrogens with zero attached hydrogens (tertiary/aromatic N) is 2. The van der Waals surface area contributed by atoms with Crippen LogP contribution in [-0.4, -0.2) is 60.4 Å². The summed E-state index contributed by atoms with van der Waals surface area (Å²) in [5.41, 5.74) is 8.35. The molecule has 1 unspecified atom stereocenters. The van der Waals surface area contributed by atoms with Crippen LogP contribution in [0.15, 0.2) is 55.6 Å². The van der Waals surface area contributed by atoms with Crippen molar-refractivity contribution in [2.24, 2.45) is 0 Å². The highest BCUT2D eigenvalue weighted by Gasteiger charge is 2.28. The maximum absolute atomic E-state index is 13.5. The van der Waals surface area contributed by atoms with Crippen LogP contribution in [0.25, 0.3) is 0 Å². The van der Waals surface area contributed by atoms with E-state index in [2.05, 4.69) is 78.1 Å². The summed E-state index contributed by atoms with van der Waals surface area (Å²) in [7, 11) is 0. The summed E-state index contributed by atoms with van der Waals surface area (Å²) in [4.78, 5) is 29.2. The molecule has 0 radical (unpaired) electrons. The minimum absolute atomic E-state index is 0.0444. The maximum atomic E-state index is 13.5. The number of benzene rings is 2. The molecule has 4 rings (SSSR count). The van der Waals surface area contributed by atoms with Gasteiger partial charge in [-0.2, -0.15) is 0 Å². The molecule has 7 nitrogen and oxygen atoms in total. The molecule has 2 aliphatic rings. The van der Waals surface area contributed by atoms with E-state index in [0.717, 1.165) is 52.0 Å². The Morgan fingerprint density at radius 2 is 1.75 bits per heavy atom. The first-order valence-electron chi connectivity index (χ1n) is 14.5. The predicted molar refractivity (Wildman–Crippen MR) is 159 cm³/mol. The largest absolute Gasteiger partial charge is 0.356 e. The fraction of sp³-hybridized carbons (Fsp3) is 0.500. The predicted octanol–water partition coefficient (Wildman–Crippen LogP) is 4.20. The molecular weight excluding hydrogens is 505 g/mol. The number of carbonyl (C=O) groups excluding carboxylic acids is 2. The van der Waals surface area contributed by atoms with E-state index < -0.39 is 6.04 Å². The van der Waals surface area contributed by atoms with Crippen LogP contribution in [0.1, 0.15) is 59.9 Å². The monoisotopic (exact) mass is 551 g/mol. The molecule has 1 saturated heterocycles. The third-order valence-corrected chi connectivity index (χ3v) is 7.73. The molecule has 218 valence electrons. The van der Waals surface area contributed by atoms with Crippen molar-refractivity contribution in [2.75, 3.05) is 32.7 Å². The van der Waals surface area contributed by atoms with Crippen LogP contribution in [0.3, 0.4) is 0 Å². The SMILES string of the molecule is C=C.Cc1ccc(CCCC(=O)NCCCCC(NF)C(=O)N2CCN(Cc3cccc4c3CNC4)CC2)cc1. The molecule has 3 N–H and O–H groups in total. The van der Waals surface area contributed by atoms with E-state index in [4.69, 9.17) is 0 Å². The number of piperazine rings is 1. The molecule has 2 aromatic rings. The van der Waals surface area contributed by atoms with Gasteiger partial charge in [-0.25, -0.2) is 0 Å². The first kappa shape index (κ1) is 31.5. The molecule has 0 bridgehead atoms. The fourth-order valence-electron chi connectivity index (χ4n) is 5.36. The number of unbranched alkanes of at least 4 members (excludes halogenated alkanes) is 1. The van der Waals surface area contributed by atoms with Gasteiger partial charge < -0.3 is 15.5 Å². The Morgan fingerprint density at radius 1 is 1.00 bits per heavy atom. The molecule has 1 atom stereocenters. The standard InChI is InChI=1S/C30H42FN5O2.C2H4/c1-23-11-13-24(14-12-23)6-4-10-29(37)33-15-3-2-9-28(34-31)30(38)36-18-16-35(17-19-36)22-26-8-5-7-25-20-32-21-27(25)26;1-2/h5,7-8,11-14,28,32,34H,2-4,6,9-10,15-22H2,1H3,(H,33,37);1-2H2. The Labute approximate surface area is 239 Å². The van der Waals surface area contributed by atoms with Crippen LogP contribution >= 0.6 is 0 Å². The zero-order valence-corrected chi connectivity index (χ0v) is 24.0. The molecular formula is C32H46FN5O2. The highest BCUT2D eigenvalue weighted by atomic mass is 19.2. The number of fused-ring (bicyclic) bond motifs is 1. The average molecular weight is 552 g/mol. The molecule has 2 aliphatic heterocycles. The number of hydrogen-bond acceptors (Lipinski definition) is 5. The molecule has 8 heteroatoms. The van der Waals surface area contributed by atoms with Crippen LogP contribution < -0.4 is 16.2 Å². The first-order valence-corrected chi connectivity index (χ1v) is 14.5. The lowest BCUT2D eigenvalue weighted by atomic mass is 10.0. The van der Waals surface area contributed by atoms with Gasteiger partial charge in [-0.3, -0.25) is 14.5 Å². The lowest BCUT2D eigenvalue weighted by Gasteiger charge is -2.36. The normalized spacial score (nSPS) is 15.6. The summed E-state index contributed by atoms with van der Waals surface area (Å²) in [5.74, 6) is -0.125. The summed E-state index contributed by atoms with van der Waals surface area (Å²) >= 11 is 0. The van der Waals surface area contributed by atoms with E-state index in [0.29, 0.717) is 38.9 Å². The number of nitrogens with one attached hydrogen (secondary N) is 3. The third kappa shape index (κ3) is 9.54. The second-order valence-corrected chi connectivity index (χ2v) is 10.6. The molecule has 40 heavy (non-hydrogen) atoms. The van der Waals surface area contributed by atoms with Crippen LogP contribution in [0.5, 0.6) is 0 Å². The number of halogens is 1. The Hall–Kier alpha value is -3.07. The number of carbonyl (C=O) groups is 2. The zero-order valence-electron chi connectivity index (χ0n) is 24.0. The van der Waals surface area contributed by atoms with Crippen molar-refractivity contribution in [2.45, 2.75) is 71.1 Å². The molecule has 0 aliphatic carbocycles.